The van der Waals surface area contributed by atoms with Gasteiger partial charge in [-0.2, -0.15) is 0 Å². The molecular formula is C14H18N2O7. The second-order valence-electron chi connectivity index (χ2n) is 5.61. The average Bonchev–Trinajstić information content (AvgIpc) is 2.42. The minimum absolute atomic E-state index is 0.0761. The lowest BCUT2D eigenvalue weighted by Crippen LogP contribution is -2.38. The van der Waals surface area contributed by atoms with Crippen LogP contribution in [-0.2, 0) is 14.3 Å². The van der Waals surface area contributed by atoms with Gasteiger partial charge in [-0.15, -0.1) is 0 Å². The number of alkyl carbamates (subject to hydrolysis) is 1. The van der Waals surface area contributed by atoms with E-state index in [0.717, 1.165) is 19.2 Å². The molecule has 2 N–H and O–H groups in total. The van der Waals surface area contributed by atoms with Crippen LogP contribution in [0.3, 0.4) is 0 Å². The van der Waals surface area contributed by atoms with E-state index in [4.69, 9.17) is 4.74 Å². The lowest BCUT2D eigenvalue weighted by atomic mass is 10.1. The van der Waals surface area contributed by atoms with E-state index in [0.29, 0.717) is 0 Å². The van der Waals surface area contributed by atoms with E-state index in [2.05, 4.69) is 10.1 Å². The first-order valence-electron chi connectivity index (χ1n) is 6.60. The van der Waals surface area contributed by atoms with E-state index in [1.165, 1.54) is 6.07 Å². The zero-order chi connectivity index (χ0) is 17.8. The highest BCUT2D eigenvalue weighted by atomic mass is 16.6. The summed E-state index contributed by atoms with van der Waals surface area (Å²) in [7, 11) is 1.11. The highest BCUT2D eigenvalue weighted by molar-refractivity contribution is 5.83. The number of amides is 1. The average molecular weight is 326 g/mol. The first kappa shape index (κ1) is 18.2. The third kappa shape index (κ3) is 5.13. The molecule has 0 aliphatic rings. The van der Waals surface area contributed by atoms with Gasteiger partial charge in [0, 0.05) is 6.07 Å². The Balaban J connectivity index is 3.13. The van der Waals surface area contributed by atoms with E-state index in [9.17, 15) is 24.8 Å². The molecule has 126 valence electrons. The molecule has 1 aromatic carbocycles. The maximum Gasteiger partial charge on any atom is 0.408 e. The third-order valence-corrected chi connectivity index (χ3v) is 2.63. The van der Waals surface area contributed by atoms with E-state index < -0.39 is 40.1 Å². The van der Waals surface area contributed by atoms with Crippen LogP contribution < -0.4 is 5.32 Å². The molecule has 0 aromatic heterocycles. The minimum atomic E-state index is -1.31. The Bertz CT molecular complexity index is 622. The van der Waals surface area contributed by atoms with Crippen molar-refractivity contribution in [2.24, 2.45) is 0 Å². The number of phenols is 1. The maximum atomic E-state index is 11.9. The van der Waals surface area contributed by atoms with Gasteiger partial charge in [0.25, 0.3) is 0 Å². The molecule has 0 fully saturated rings. The van der Waals surface area contributed by atoms with Crippen LogP contribution in [0.2, 0.25) is 0 Å². The first-order valence-corrected chi connectivity index (χ1v) is 6.60. The molecule has 0 spiro atoms. The van der Waals surface area contributed by atoms with Gasteiger partial charge >= 0.3 is 17.7 Å². The summed E-state index contributed by atoms with van der Waals surface area (Å²) in [6.45, 7) is 4.93. The summed E-state index contributed by atoms with van der Waals surface area (Å²) in [6.07, 6.45) is -0.886. The molecule has 9 nitrogen and oxygen atoms in total. The molecule has 0 aliphatic heterocycles. The van der Waals surface area contributed by atoms with Gasteiger partial charge in [0.05, 0.1) is 12.0 Å². The summed E-state index contributed by atoms with van der Waals surface area (Å²) in [6, 6.07) is 1.99. The second-order valence-corrected chi connectivity index (χ2v) is 5.61. The minimum Gasteiger partial charge on any atom is -0.502 e. The van der Waals surface area contributed by atoms with E-state index in [-0.39, 0.29) is 5.56 Å². The third-order valence-electron chi connectivity index (χ3n) is 2.63. The van der Waals surface area contributed by atoms with Gasteiger partial charge in [-0.25, -0.2) is 9.59 Å². The zero-order valence-corrected chi connectivity index (χ0v) is 13.2. The number of nitro groups is 1. The van der Waals surface area contributed by atoms with Gasteiger partial charge in [-0.1, -0.05) is 6.07 Å². The van der Waals surface area contributed by atoms with Gasteiger partial charge < -0.3 is 19.9 Å². The molecule has 23 heavy (non-hydrogen) atoms. The number of benzene rings is 1. The summed E-state index contributed by atoms with van der Waals surface area (Å²) in [5.41, 5.74) is -1.30. The van der Waals surface area contributed by atoms with Crippen LogP contribution >= 0.6 is 0 Å². The van der Waals surface area contributed by atoms with Crippen LogP contribution in [0, 0.1) is 10.1 Å². The molecule has 1 rings (SSSR count). The molecule has 1 aromatic rings. The van der Waals surface area contributed by atoms with Crippen LogP contribution in [0.1, 0.15) is 32.4 Å². The predicted molar refractivity (Wildman–Crippen MR) is 78.9 cm³/mol. The number of carbonyl (C=O) groups excluding carboxylic acids is 2. The first-order chi connectivity index (χ1) is 10.5. The van der Waals surface area contributed by atoms with Gasteiger partial charge in [0.2, 0.25) is 0 Å². The van der Waals surface area contributed by atoms with Gasteiger partial charge in [0.15, 0.2) is 11.8 Å². The largest absolute Gasteiger partial charge is 0.502 e. The molecule has 0 saturated carbocycles. The van der Waals surface area contributed by atoms with Crippen molar-refractivity contribution < 1.29 is 29.1 Å². The summed E-state index contributed by atoms with van der Waals surface area (Å²) >= 11 is 0. The number of phenolic OH excluding ortho intramolecular Hbond substituents is 1. The number of methoxy groups -OCH3 is 1. The number of hydrogen-bond acceptors (Lipinski definition) is 7. The quantitative estimate of drug-likeness (QED) is 0.492. The highest BCUT2D eigenvalue weighted by Crippen LogP contribution is 2.29. The van der Waals surface area contributed by atoms with Crippen molar-refractivity contribution in [3.05, 3.63) is 33.9 Å². The number of hydrogen-bond donors (Lipinski definition) is 2. The van der Waals surface area contributed by atoms with Gasteiger partial charge in [0.1, 0.15) is 5.60 Å². The Morgan fingerprint density at radius 1 is 1.35 bits per heavy atom. The van der Waals surface area contributed by atoms with Crippen molar-refractivity contribution in [3.63, 3.8) is 0 Å². The Morgan fingerprint density at radius 2 is 1.96 bits per heavy atom. The lowest BCUT2D eigenvalue weighted by Gasteiger charge is -2.22. The van der Waals surface area contributed by atoms with Crippen molar-refractivity contribution >= 4 is 17.7 Å². The number of nitro benzene ring substituents is 1. The number of rotatable bonds is 4. The fraction of sp³-hybridized carbons (Fsp3) is 0.429. The van der Waals surface area contributed by atoms with Crippen LogP contribution in [0.15, 0.2) is 18.2 Å². The molecular weight excluding hydrogens is 308 g/mol. The van der Waals surface area contributed by atoms with Crippen LogP contribution in [0.5, 0.6) is 5.75 Å². The van der Waals surface area contributed by atoms with Gasteiger partial charge in [-0.3, -0.25) is 10.1 Å². The van der Waals surface area contributed by atoms with Crippen molar-refractivity contribution in [2.45, 2.75) is 32.4 Å². The number of esters is 1. The fourth-order valence-electron chi connectivity index (χ4n) is 1.69. The molecule has 9 heteroatoms. The SMILES string of the molecule is COC(=O)C(NC(=O)OC(C)(C)C)c1ccc(O)c([N+](=O)[O-])c1. The van der Waals surface area contributed by atoms with E-state index in [1.807, 2.05) is 0 Å². The summed E-state index contributed by atoms with van der Waals surface area (Å²) < 4.78 is 9.63. The predicted octanol–water partition coefficient (Wildman–Crippen LogP) is 2.04. The zero-order valence-electron chi connectivity index (χ0n) is 13.2. The van der Waals surface area contributed by atoms with E-state index >= 15 is 0 Å². The molecule has 0 bridgehead atoms. The standard InChI is InChI=1S/C14H18N2O7/c1-14(2,3)23-13(19)15-11(12(18)22-4)8-5-6-10(17)9(7-8)16(20)21/h5-7,11,17H,1-4H3,(H,15,19). The number of nitrogens with zero attached hydrogens (tertiary/aromatic N) is 1. The maximum absolute atomic E-state index is 11.9. The lowest BCUT2D eigenvalue weighted by molar-refractivity contribution is -0.385. The number of ether oxygens (including phenoxy) is 2. The number of carbonyl (C=O) groups is 2. The Morgan fingerprint density at radius 3 is 2.43 bits per heavy atom. The van der Waals surface area contributed by atoms with Crippen LogP contribution in [-0.4, -0.2) is 34.8 Å². The summed E-state index contributed by atoms with van der Waals surface area (Å²) in [5, 5.41) is 22.6. The van der Waals surface area contributed by atoms with Crippen molar-refractivity contribution in [2.75, 3.05) is 7.11 Å². The molecule has 1 unspecified atom stereocenters. The number of nitrogens with one attached hydrogen (secondary N) is 1. The molecule has 0 radical (unpaired) electrons. The Kier molecular flexibility index (Phi) is 5.50. The fourth-order valence-corrected chi connectivity index (χ4v) is 1.69. The van der Waals surface area contributed by atoms with Crippen molar-refractivity contribution in [1.29, 1.82) is 0 Å². The smallest absolute Gasteiger partial charge is 0.408 e. The van der Waals surface area contributed by atoms with E-state index in [1.54, 1.807) is 20.8 Å². The van der Waals surface area contributed by atoms with Crippen molar-refractivity contribution in [3.8, 4) is 5.75 Å². The second kappa shape index (κ2) is 6.95. The molecule has 1 atom stereocenters. The monoisotopic (exact) mass is 326 g/mol. The molecule has 0 aliphatic carbocycles. The Hall–Kier alpha value is -2.84. The molecule has 0 saturated heterocycles. The van der Waals surface area contributed by atoms with Crippen LogP contribution in [0.25, 0.3) is 0 Å². The Labute approximate surface area is 132 Å². The normalized spacial score (nSPS) is 12.2. The van der Waals surface area contributed by atoms with Crippen LogP contribution in [0.4, 0.5) is 10.5 Å². The molecule has 0 heterocycles. The summed E-state index contributed by atoms with van der Waals surface area (Å²) in [5.74, 6) is -1.39. The number of aromatic hydroxyl groups is 1. The molecule has 1 amide bonds. The van der Waals surface area contributed by atoms with Crippen molar-refractivity contribution in [1.82, 2.24) is 5.32 Å². The summed E-state index contributed by atoms with van der Waals surface area (Å²) in [4.78, 5) is 33.7. The van der Waals surface area contributed by atoms with Gasteiger partial charge in [-0.05, 0) is 32.4 Å². The highest BCUT2D eigenvalue weighted by Gasteiger charge is 2.28. The topological polar surface area (TPSA) is 128 Å².